The van der Waals surface area contributed by atoms with E-state index in [1.807, 2.05) is 12.3 Å². The molecule has 0 bridgehead atoms. The Kier molecular flexibility index (Phi) is 3.65. The molecule has 1 fully saturated rings. The van der Waals surface area contributed by atoms with Gasteiger partial charge in [-0.2, -0.15) is 0 Å². The highest BCUT2D eigenvalue weighted by molar-refractivity contribution is 5.80. The zero-order chi connectivity index (χ0) is 17.7. The van der Waals surface area contributed by atoms with Crippen LogP contribution in [0.2, 0.25) is 0 Å². The van der Waals surface area contributed by atoms with E-state index in [0.717, 1.165) is 36.8 Å². The summed E-state index contributed by atoms with van der Waals surface area (Å²) in [6.45, 7) is 11.2. The number of benzene rings is 1. The van der Waals surface area contributed by atoms with E-state index < -0.39 is 0 Å². The predicted octanol–water partition coefficient (Wildman–Crippen LogP) is 4.14. The van der Waals surface area contributed by atoms with Crippen LogP contribution in [0.4, 0.5) is 22.9 Å². The molecule has 0 spiro atoms. The molecule has 0 radical (unpaired) electrons. The van der Waals surface area contributed by atoms with Crippen LogP contribution in [-0.4, -0.2) is 29.3 Å². The van der Waals surface area contributed by atoms with Gasteiger partial charge in [-0.3, -0.25) is 0 Å². The highest BCUT2D eigenvalue weighted by Crippen LogP contribution is 2.37. The summed E-state index contributed by atoms with van der Waals surface area (Å²) in [6, 6.07) is 10.6. The number of rotatable bonds is 1. The Morgan fingerprint density at radius 2 is 1.80 bits per heavy atom. The van der Waals surface area contributed by atoms with Gasteiger partial charge in [-0.1, -0.05) is 6.07 Å². The van der Waals surface area contributed by atoms with Crippen molar-refractivity contribution >= 4 is 22.9 Å². The van der Waals surface area contributed by atoms with E-state index in [9.17, 15) is 0 Å². The van der Waals surface area contributed by atoms with Crippen molar-refractivity contribution in [3.05, 3.63) is 42.1 Å². The summed E-state index contributed by atoms with van der Waals surface area (Å²) < 4.78 is 6.21. The van der Waals surface area contributed by atoms with Crippen LogP contribution in [0.25, 0.3) is 0 Å². The minimum absolute atomic E-state index is 0.166. The smallest absolute Gasteiger partial charge is 0.135 e. The minimum atomic E-state index is -0.166. The molecule has 2 aliphatic heterocycles. The van der Waals surface area contributed by atoms with Crippen molar-refractivity contribution in [2.24, 2.45) is 0 Å². The van der Waals surface area contributed by atoms with E-state index >= 15 is 0 Å². The van der Waals surface area contributed by atoms with E-state index in [1.165, 1.54) is 11.3 Å². The molecule has 0 aliphatic carbocycles. The normalized spacial score (nSPS) is 20.6. The van der Waals surface area contributed by atoms with Gasteiger partial charge in [0.25, 0.3) is 0 Å². The van der Waals surface area contributed by atoms with E-state index in [2.05, 4.69) is 72.5 Å². The standard InChI is InChI=1S/C20H26N4O/c1-19(2)12-24(13-20(3,4)25-19)15-7-8-16-17(10-15)22-11-14-6-5-9-21-18(14)23-16/h5-10,22H,11-13H2,1-4H3,(H,21,23). The maximum atomic E-state index is 6.21. The Balaban J connectivity index is 1.64. The van der Waals surface area contributed by atoms with Crippen molar-refractivity contribution in [3.63, 3.8) is 0 Å². The van der Waals surface area contributed by atoms with Crippen LogP contribution in [-0.2, 0) is 11.3 Å². The molecule has 4 rings (SSSR count). The van der Waals surface area contributed by atoms with E-state index in [0.29, 0.717) is 0 Å². The number of nitrogens with zero attached hydrogens (tertiary/aromatic N) is 2. The average molecular weight is 338 g/mol. The lowest BCUT2D eigenvalue weighted by Crippen LogP contribution is -2.57. The van der Waals surface area contributed by atoms with Gasteiger partial charge in [0.2, 0.25) is 0 Å². The SMILES string of the molecule is CC1(C)CN(c2ccc3c(c2)NCc2cccnc2N3)CC(C)(C)O1. The second kappa shape index (κ2) is 5.63. The number of hydrogen-bond acceptors (Lipinski definition) is 5. The Hall–Kier alpha value is -2.27. The van der Waals surface area contributed by atoms with Crippen LogP contribution in [0.3, 0.4) is 0 Å². The highest BCUT2D eigenvalue weighted by atomic mass is 16.5. The van der Waals surface area contributed by atoms with Crippen LogP contribution in [0.15, 0.2) is 36.5 Å². The second-order valence-electron chi connectivity index (χ2n) is 8.20. The summed E-state index contributed by atoms with van der Waals surface area (Å²) in [4.78, 5) is 6.87. The van der Waals surface area contributed by atoms with Crippen LogP contribution in [0.1, 0.15) is 33.3 Å². The quantitative estimate of drug-likeness (QED) is 0.818. The topological polar surface area (TPSA) is 49.4 Å². The van der Waals surface area contributed by atoms with Crippen LogP contribution >= 0.6 is 0 Å². The zero-order valence-electron chi connectivity index (χ0n) is 15.4. The largest absolute Gasteiger partial charge is 0.379 e. The first-order valence-corrected chi connectivity index (χ1v) is 8.85. The highest BCUT2D eigenvalue weighted by Gasteiger charge is 2.38. The number of pyridine rings is 1. The molecule has 132 valence electrons. The molecule has 1 saturated heterocycles. The molecule has 3 heterocycles. The maximum absolute atomic E-state index is 6.21. The number of morpholine rings is 1. The van der Waals surface area contributed by atoms with Gasteiger partial charge in [0, 0.05) is 37.1 Å². The lowest BCUT2D eigenvalue weighted by atomic mass is 9.98. The molecule has 0 atom stereocenters. The van der Waals surface area contributed by atoms with E-state index in [-0.39, 0.29) is 11.2 Å². The Morgan fingerprint density at radius 3 is 2.56 bits per heavy atom. The molecule has 2 aliphatic rings. The number of ether oxygens (including phenoxy) is 1. The molecule has 2 aromatic rings. The molecule has 2 N–H and O–H groups in total. The summed E-state index contributed by atoms with van der Waals surface area (Å²) in [5.41, 5.74) is 4.23. The number of anilines is 4. The van der Waals surface area contributed by atoms with Gasteiger partial charge in [-0.25, -0.2) is 4.98 Å². The van der Waals surface area contributed by atoms with Crippen molar-refractivity contribution in [1.82, 2.24) is 4.98 Å². The molecule has 5 nitrogen and oxygen atoms in total. The van der Waals surface area contributed by atoms with Crippen molar-refractivity contribution in [2.45, 2.75) is 45.4 Å². The monoisotopic (exact) mass is 338 g/mol. The van der Waals surface area contributed by atoms with Crippen molar-refractivity contribution in [3.8, 4) is 0 Å². The first-order valence-electron chi connectivity index (χ1n) is 8.85. The summed E-state index contributed by atoms with van der Waals surface area (Å²) >= 11 is 0. The summed E-state index contributed by atoms with van der Waals surface area (Å²) in [5.74, 6) is 0.926. The van der Waals surface area contributed by atoms with Gasteiger partial charge in [-0.05, 0) is 52.0 Å². The molecule has 1 aromatic carbocycles. The molecular formula is C20H26N4O. The average Bonchev–Trinajstić information content (AvgIpc) is 2.70. The lowest BCUT2D eigenvalue weighted by Gasteiger charge is -2.48. The Morgan fingerprint density at radius 1 is 1.04 bits per heavy atom. The first kappa shape index (κ1) is 16.2. The minimum Gasteiger partial charge on any atom is -0.379 e. The van der Waals surface area contributed by atoms with Gasteiger partial charge in [0.05, 0.1) is 22.6 Å². The lowest BCUT2D eigenvalue weighted by molar-refractivity contribution is -0.133. The molecule has 5 heteroatoms. The van der Waals surface area contributed by atoms with Crippen molar-refractivity contribution in [2.75, 3.05) is 28.6 Å². The summed E-state index contributed by atoms with van der Waals surface area (Å²) in [5, 5.41) is 6.99. The fourth-order valence-electron chi connectivity index (χ4n) is 3.97. The van der Waals surface area contributed by atoms with Gasteiger partial charge in [0.1, 0.15) is 5.82 Å². The van der Waals surface area contributed by atoms with Crippen LogP contribution in [0.5, 0.6) is 0 Å². The third kappa shape index (κ3) is 3.29. The Labute approximate surface area is 149 Å². The number of aromatic nitrogens is 1. The molecule has 25 heavy (non-hydrogen) atoms. The van der Waals surface area contributed by atoms with Gasteiger partial charge in [-0.15, -0.1) is 0 Å². The molecule has 0 saturated carbocycles. The van der Waals surface area contributed by atoms with Gasteiger partial charge < -0.3 is 20.3 Å². The van der Waals surface area contributed by atoms with E-state index in [4.69, 9.17) is 4.74 Å². The fraction of sp³-hybridized carbons (Fsp3) is 0.450. The molecular weight excluding hydrogens is 312 g/mol. The summed E-state index contributed by atoms with van der Waals surface area (Å²) in [6.07, 6.45) is 1.82. The molecule has 0 amide bonds. The van der Waals surface area contributed by atoms with Crippen molar-refractivity contribution in [1.29, 1.82) is 0 Å². The molecule has 0 unspecified atom stereocenters. The molecule has 1 aromatic heterocycles. The van der Waals surface area contributed by atoms with Crippen LogP contribution < -0.4 is 15.5 Å². The summed E-state index contributed by atoms with van der Waals surface area (Å²) in [7, 11) is 0. The maximum Gasteiger partial charge on any atom is 0.135 e. The first-order chi connectivity index (χ1) is 11.8. The fourth-order valence-corrected chi connectivity index (χ4v) is 3.97. The van der Waals surface area contributed by atoms with Gasteiger partial charge >= 0.3 is 0 Å². The van der Waals surface area contributed by atoms with E-state index in [1.54, 1.807) is 0 Å². The number of hydrogen-bond donors (Lipinski definition) is 2. The van der Waals surface area contributed by atoms with Crippen molar-refractivity contribution < 1.29 is 4.74 Å². The predicted molar refractivity (Wildman–Crippen MR) is 103 cm³/mol. The van der Waals surface area contributed by atoms with Gasteiger partial charge in [0.15, 0.2) is 0 Å². The third-order valence-corrected chi connectivity index (χ3v) is 4.68. The number of fused-ring (bicyclic) bond motifs is 2. The second-order valence-corrected chi connectivity index (χ2v) is 8.20. The number of nitrogens with one attached hydrogen (secondary N) is 2. The third-order valence-electron chi connectivity index (χ3n) is 4.68. The van der Waals surface area contributed by atoms with Crippen LogP contribution in [0, 0.1) is 0 Å². The Bertz CT molecular complexity index is 784. The zero-order valence-corrected chi connectivity index (χ0v) is 15.4.